The van der Waals surface area contributed by atoms with E-state index in [1.807, 2.05) is 7.05 Å². The highest BCUT2D eigenvalue weighted by Gasteiger charge is 2.21. The van der Waals surface area contributed by atoms with Crippen LogP contribution < -0.4 is 5.32 Å². The first-order valence-electron chi connectivity index (χ1n) is 5.84. The molecule has 1 saturated carbocycles. The summed E-state index contributed by atoms with van der Waals surface area (Å²) >= 11 is 0. The highest BCUT2D eigenvalue weighted by molar-refractivity contribution is 5.85. The van der Waals surface area contributed by atoms with Gasteiger partial charge in [0.15, 0.2) is 5.82 Å². The Balaban J connectivity index is 0.00000144. The first kappa shape index (κ1) is 14.4. The van der Waals surface area contributed by atoms with E-state index in [4.69, 9.17) is 9.26 Å². The van der Waals surface area contributed by atoms with Gasteiger partial charge in [-0.2, -0.15) is 4.98 Å². The number of halogens is 1. The third-order valence-electron chi connectivity index (χ3n) is 2.77. The van der Waals surface area contributed by atoms with Crippen molar-refractivity contribution < 1.29 is 9.26 Å². The molecule has 1 aliphatic carbocycles. The molecule has 0 aliphatic heterocycles. The van der Waals surface area contributed by atoms with Crippen molar-refractivity contribution in [2.24, 2.45) is 5.92 Å². The molecule has 6 heteroatoms. The van der Waals surface area contributed by atoms with E-state index in [-0.39, 0.29) is 12.4 Å². The van der Waals surface area contributed by atoms with Crippen molar-refractivity contribution in [3.63, 3.8) is 0 Å². The third kappa shape index (κ3) is 5.02. The number of likely N-dealkylation sites (N-methyl/N-ethyl adjacent to an activating group) is 1. The first-order valence-corrected chi connectivity index (χ1v) is 5.84. The minimum atomic E-state index is 0. The maximum Gasteiger partial charge on any atom is 0.252 e. The quantitative estimate of drug-likeness (QED) is 0.807. The van der Waals surface area contributed by atoms with Gasteiger partial charge in [0, 0.05) is 12.5 Å². The number of ether oxygens (including phenoxy) is 1. The summed E-state index contributed by atoms with van der Waals surface area (Å²) in [7, 11) is 1.92. The predicted molar refractivity (Wildman–Crippen MR) is 66.2 cm³/mol. The molecule has 1 atom stereocenters. The van der Waals surface area contributed by atoms with E-state index in [1.54, 1.807) is 0 Å². The molecule has 0 radical (unpaired) electrons. The molecule has 5 nitrogen and oxygen atoms in total. The second-order valence-electron chi connectivity index (χ2n) is 4.46. The van der Waals surface area contributed by atoms with Gasteiger partial charge in [0.1, 0.15) is 6.61 Å². The topological polar surface area (TPSA) is 60.2 Å². The number of rotatable bonds is 7. The maximum absolute atomic E-state index is 5.48. The number of aromatic nitrogens is 2. The summed E-state index contributed by atoms with van der Waals surface area (Å²) in [6, 6.07) is 0.359. The average molecular weight is 262 g/mol. The van der Waals surface area contributed by atoms with Crippen LogP contribution in [0.1, 0.15) is 31.5 Å². The van der Waals surface area contributed by atoms with Gasteiger partial charge in [0.05, 0.1) is 6.61 Å². The van der Waals surface area contributed by atoms with Gasteiger partial charge in [-0.15, -0.1) is 12.4 Å². The Bertz CT molecular complexity index is 328. The molecule has 1 unspecified atom stereocenters. The highest BCUT2D eigenvalue weighted by atomic mass is 35.5. The molecule has 1 fully saturated rings. The zero-order valence-corrected chi connectivity index (χ0v) is 11.1. The van der Waals surface area contributed by atoms with E-state index >= 15 is 0 Å². The van der Waals surface area contributed by atoms with E-state index in [2.05, 4.69) is 22.4 Å². The van der Waals surface area contributed by atoms with E-state index in [0.717, 1.165) is 24.8 Å². The van der Waals surface area contributed by atoms with Crippen LogP contribution in [0.3, 0.4) is 0 Å². The molecule has 0 aromatic carbocycles. The lowest BCUT2D eigenvalue weighted by Crippen LogP contribution is -2.24. The maximum atomic E-state index is 5.48. The van der Waals surface area contributed by atoms with Crippen LogP contribution in [0.4, 0.5) is 0 Å². The molecular weight excluding hydrogens is 242 g/mol. The summed E-state index contributed by atoms with van der Waals surface area (Å²) in [6.45, 7) is 3.35. The smallest absolute Gasteiger partial charge is 0.252 e. The van der Waals surface area contributed by atoms with Gasteiger partial charge >= 0.3 is 0 Å². The molecule has 1 N–H and O–H groups in total. The van der Waals surface area contributed by atoms with E-state index in [9.17, 15) is 0 Å². The number of nitrogens with zero attached hydrogens (tertiary/aromatic N) is 2. The van der Waals surface area contributed by atoms with E-state index in [0.29, 0.717) is 18.5 Å². The van der Waals surface area contributed by atoms with Crippen molar-refractivity contribution in [2.75, 3.05) is 13.7 Å². The van der Waals surface area contributed by atoms with E-state index < -0.39 is 0 Å². The summed E-state index contributed by atoms with van der Waals surface area (Å²) in [4.78, 5) is 4.27. The van der Waals surface area contributed by atoms with Crippen molar-refractivity contribution in [1.29, 1.82) is 0 Å². The Morgan fingerprint density at radius 3 is 2.94 bits per heavy atom. The predicted octanol–water partition coefficient (Wildman–Crippen LogP) is 1.57. The molecule has 1 aromatic rings. The molecule has 0 spiro atoms. The van der Waals surface area contributed by atoms with Crippen LogP contribution in [-0.4, -0.2) is 29.8 Å². The third-order valence-corrected chi connectivity index (χ3v) is 2.77. The lowest BCUT2D eigenvalue weighted by molar-refractivity contribution is 0.0894. The minimum Gasteiger partial charge on any atom is -0.371 e. The van der Waals surface area contributed by atoms with Crippen molar-refractivity contribution in [3.8, 4) is 0 Å². The molecule has 1 aliphatic rings. The molecule has 1 aromatic heterocycles. The van der Waals surface area contributed by atoms with Crippen LogP contribution in [0.15, 0.2) is 4.52 Å². The standard InChI is InChI=1S/C11H19N3O2.ClH/c1-8(12-2)5-10-13-11(16-14-10)7-15-6-9-3-4-9;/h8-9,12H,3-7H2,1-2H3;1H. The fourth-order valence-corrected chi connectivity index (χ4v) is 1.41. The average Bonchev–Trinajstić information content (AvgIpc) is 2.99. The SMILES string of the molecule is CNC(C)Cc1noc(COCC2CC2)n1.Cl. The van der Waals surface area contributed by atoms with Crippen LogP contribution in [-0.2, 0) is 17.8 Å². The van der Waals surface area contributed by atoms with Gasteiger partial charge in [-0.1, -0.05) is 5.16 Å². The van der Waals surface area contributed by atoms with Gasteiger partial charge in [-0.3, -0.25) is 0 Å². The Labute approximate surface area is 108 Å². The van der Waals surface area contributed by atoms with Gasteiger partial charge in [0.25, 0.3) is 5.89 Å². The molecule has 17 heavy (non-hydrogen) atoms. The Hall–Kier alpha value is -0.650. The largest absolute Gasteiger partial charge is 0.371 e. The van der Waals surface area contributed by atoms with Crippen LogP contribution in [0.25, 0.3) is 0 Å². The monoisotopic (exact) mass is 261 g/mol. The van der Waals surface area contributed by atoms with Gasteiger partial charge in [0.2, 0.25) is 0 Å². The molecular formula is C11H20ClN3O2. The molecule has 2 rings (SSSR count). The second kappa shape index (κ2) is 6.93. The summed E-state index contributed by atoms with van der Waals surface area (Å²) in [5.74, 6) is 2.09. The second-order valence-corrected chi connectivity index (χ2v) is 4.46. The lowest BCUT2D eigenvalue weighted by Gasteiger charge is -2.04. The molecule has 98 valence electrons. The minimum absolute atomic E-state index is 0. The lowest BCUT2D eigenvalue weighted by atomic mass is 10.2. The Kier molecular flexibility index (Phi) is 5.88. The van der Waals surface area contributed by atoms with Crippen molar-refractivity contribution >= 4 is 12.4 Å². The molecule has 0 amide bonds. The van der Waals surface area contributed by atoms with Crippen LogP contribution in [0.5, 0.6) is 0 Å². The zero-order chi connectivity index (χ0) is 11.4. The molecule has 0 saturated heterocycles. The summed E-state index contributed by atoms with van der Waals surface area (Å²) in [6.07, 6.45) is 3.38. The summed E-state index contributed by atoms with van der Waals surface area (Å²) in [5.41, 5.74) is 0. The van der Waals surface area contributed by atoms with Crippen LogP contribution >= 0.6 is 12.4 Å². The summed E-state index contributed by atoms with van der Waals surface area (Å²) in [5, 5.41) is 7.05. The highest BCUT2D eigenvalue weighted by Crippen LogP contribution is 2.28. The summed E-state index contributed by atoms with van der Waals surface area (Å²) < 4.78 is 10.6. The molecule has 1 heterocycles. The normalized spacial score (nSPS) is 16.6. The zero-order valence-electron chi connectivity index (χ0n) is 10.3. The Morgan fingerprint density at radius 2 is 2.29 bits per heavy atom. The first-order chi connectivity index (χ1) is 7.78. The fraction of sp³-hybridized carbons (Fsp3) is 0.818. The van der Waals surface area contributed by atoms with Crippen LogP contribution in [0.2, 0.25) is 0 Å². The van der Waals surface area contributed by atoms with Gasteiger partial charge < -0.3 is 14.6 Å². The van der Waals surface area contributed by atoms with Gasteiger partial charge in [-0.05, 0) is 32.7 Å². The Morgan fingerprint density at radius 1 is 1.53 bits per heavy atom. The van der Waals surface area contributed by atoms with E-state index in [1.165, 1.54) is 12.8 Å². The van der Waals surface area contributed by atoms with Crippen molar-refractivity contribution in [3.05, 3.63) is 11.7 Å². The number of hydrogen-bond acceptors (Lipinski definition) is 5. The van der Waals surface area contributed by atoms with Crippen molar-refractivity contribution in [1.82, 2.24) is 15.5 Å². The van der Waals surface area contributed by atoms with Crippen LogP contribution in [0, 0.1) is 5.92 Å². The molecule has 0 bridgehead atoms. The van der Waals surface area contributed by atoms with Gasteiger partial charge in [-0.25, -0.2) is 0 Å². The number of hydrogen-bond donors (Lipinski definition) is 1. The fourth-order valence-electron chi connectivity index (χ4n) is 1.41. The van der Waals surface area contributed by atoms with Crippen molar-refractivity contribution in [2.45, 2.75) is 38.8 Å². The number of nitrogens with one attached hydrogen (secondary N) is 1.